The van der Waals surface area contributed by atoms with Gasteiger partial charge in [0.25, 0.3) is 11.6 Å². The number of rotatable bonds is 14. The van der Waals surface area contributed by atoms with Crippen LogP contribution in [0.4, 0.5) is 5.69 Å². The standard InChI is InChI=1S/C28H31N3O7/c1-4-15-37-24-14-10-22(17-27(24)36-6-3)28(32)30-29-18-21-9-13-25(26(16-21)35-5-2)38-19-20-7-11-23(12-8-20)31(33)34/h7-14,16-18H,4-6,15,19H2,1-3H3,(H,30,32)/b29-18+. The fourth-order valence-electron chi connectivity index (χ4n) is 3.35. The van der Waals surface area contributed by atoms with E-state index in [2.05, 4.69) is 10.5 Å². The van der Waals surface area contributed by atoms with Crippen molar-refractivity contribution in [2.75, 3.05) is 19.8 Å². The zero-order valence-corrected chi connectivity index (χ0v) is 21.6. The van der Waals surface area contributed by atoms with Crippen molar-refractivity contribution in [2.24, 2.45) is 5.10 Å². The van der Waals surface area contributed by atoms with Gasteiger partial charge < -0.3 is 18.9 Å². The van der Waals surface area contributed by atoms with Gasteiger partial charge in [-0.1, -0.05) is 6.92 Å². The van der Waals surface area contributed by atoms with Gasteiger partial charge in [0.1, 0.15) is 6.61 Å². The van der Waals surface area contributed by atoms with E-state index in [1.807, 2.05) is 20.8 Å². The first-order valence-electron chi connectivity index (χ1n) is 12.3. The Morgan fingerprint density at radius 2 is 1.53 bits per heavy atom. The lowest BCUT2D eigenvalue weighted by Crippen LogP contribution is -2.17. The number of hydrazone groups is 1. The molecule has 0 aromatic heterocycles. The summed E-state index contributed by atoms with van der Waals surface area (Å²) < 4.78 is 22.9. The number of amides is 1. The molecule has 38 heavy (non-hydrogen) atoms. The molecule has 200 valence electrons. The first-order chi connectivity index (χ1) is 18.4. The van der Waals surface area contributed by atoms with Gasteiger partial charge in [0.15, 0.2) is 23.0 Å². The molecule has 0 aliphatic carbocycles. The molecular weight excluding hydrogens is 490 g/mol. The molecule has 1 amide bonds. The normalized spacial score (nSPS) is 10.7. The number of nitrogens with one attached hydrogen (secondary N) is 1. The first kappa shape index (κ1) is 28.0. The maximum Gasteiger partial charge on any atom is 0.271 e. The Balaban J connectivity index is 1.64. The van der Waals surface area contributed by atoms with Crippen LogP contribution in [0.15, 0.2) is 65.8 Å². The summed E-state index contributed by atoms with van der Waals surface area (Å²) in [4.78, 5) is 23.0. The maximum atomic E-state index is 12.6. The maximum absolute atomic E-state index is 12.6. The molecule has 0 heterocycles. The number of hydrogen-bond acceptors (Lipinski definition) is 8. The molecule has 10 nitrogen and oxygen atoms in total. The minimum Gasteiger partial charge on any atom is -0.490 e. The molecule has 0 fully saturated rings. The predicted octanol–water partition coefficient (Wildman–Crippen LogP) is 5.52. The quantitative estimate of drug-likeness (QED) is 0.168. The van der Waals surface area contributed by atoms with Crippen molar-refractivity contribution in [3.05, 3.63) is 87.5 Å². The second-order valence-electron chi connectivity index (χ2n) is 7.99. The van der Waals surface area contributed by atoms with E-state index in [9.17, 15) is 14.9 Å². The molecule has 0 aliphatic rings. The molecule has 3 aromatic carbocycles. The van der Waals surface area contributed by atoms with E-state index in [-0.39, 0.29) is 12.3 Å². The van der Waals surface area contributed by atoms with E-state index in [1.165, 1.54) is 18.3 Å². The van der Waals surface area contributed by atoms with Crippen LogP contribution in [-0.4, -0.2) is 36.9 Å². The van der Waals surface area contributed by atoms with Crippen LogP contribution in [0.25, 0.3) is 0 Å². The number of nitro groups is 1. The van der Waals surface area contributed by atoms with Crippen LogP contribution in [0.1, 0.15) is 48.7 Å². The molecule has 0 saturated heterocycles. The van der Waals surface area contributed by atoms with Gasteiger partial charge in [-0.15, -0.1) is 0 Å². The van der Waals surface area contributed by atoms with Crippen LogP contribution in [-0.2, 0) is 6.61 Å². The van der Waals surface area contributed by atoms with Gasteiger partial charge in [-0.3, -0.25) is 14.9 Å². The zero-order chi connectivity index (χ0) is 27.3. The molecule has 3 aromatic rings. The van der Waals surface area contributed by atoms with Gasteiger partial charge in [0.05, 0.1) is 31.0 Å². The molecule has 0 radical (unpaired) electrons. The van der Waals surface area contributed by atoms with Crippen molar-refractivity contribution in [3.8, 4) is 23.0 Å². The minimum atomic E-state index is -0.447. The van der Waals surface area contributed by atoms with Crippen molar-refractivity contribution in [1.29, 1.82) is 0 Å². The Morgan fingerprint density at radius 3 is 2.18 bits per heavy atom. The molecule has 3 rings (SSSR count). The van der Waals surface area contributed by atoms with Gasteiger partial charge in [0.2, 0.25) is 0 Å². The molecule has 0 saturated carbocycles. The third-order valence-corrected chi connectivity index (χ3v) is 5.16. The van der Waals surface area contributed by atoms with Gasteiger partial charge >= 0.3 is 0 Å². The van der Waals surface area contributed by atoms with Gasteiger partial charge in [-0.05, 0) is 79.9 Å². The summed E-state index contributed by atoms with van der Waals surface area (Å²) in [6.07, 6.45) is 2.36. The van der Waals surface area contributed by atoms with Crippen LogP contribution in [0, 0.1) is 10.1 Å². The Labute approximate surface area is 221 Å². The topological polar surface area (TPSA) is 122 Å². The lowest BCUT2D eigenvalue weighted by molar-refractivity contribution is -0.384. The Kier molecular flexibility index (Phi) is 10.5. The highest BCUT2D eigenvalue weighted by atomic mass is 16.6. The number of hydrogen-bond donors (Lipinski definition) is 1. The number of nitro benzene ring substituents is 1. The number of carbonyl (C=O) groups is 1. The lowest BCUT2D eigenvalue weighted by atomic mass is 10.2. The average molecular weight is 522 g/mol. The number of benzene rings is 3. The molecule has 0 bridgehead atoms. The van der Waals surface area contributed by atoms with E-state index >= 15 is 0 Å². The molecular formula is C28H31N3O7. The summed E-state index contributed by atoms with van der Waals surface area (Å²) in [5, 5.41) is 14.9. The van der Waals surface area contributed by atoms with Gasteiger partial charge in [-0.2, -0.15) is 5.10 Å². The number of nitrogens with zero attached hydrogens (tertiary/aromatic N) is 2. The second kappa shape index (κ2) is 14.2. The Morgan fingerprint density at radius 1 is 0.868 bits per heavy atom. The third-order valence-electron chi connectivity index (χ3n) is 5.16. The SMILES string of the molecule is CCCOc1ccc(C(=O)N/N=C/c2ccc(OCc3ccc([N+](=O)[O-])cc3)c(OCC)c2)cc1OCC. The van der Waals surface area contributed by atoms with Crippen molar-refractivity contribution >= 4 is 17.8 Å². The Bertz CT molecular complexity index is 1260. The molecule has 0 unspecified atom stereocenters. The average Bonchev–Trinajstić information content (AvgIpc) is 2.92. The summed E-state index contributed by atoms with van der Waals surface area (Å²) in [5.74, 6) is 1.72. The van der Waals surface area contributed by atoms with Crippen LogP contribution in [0.5, 0.6) is 23.0 Å². The number of ether oxygens (including phenoxy) is 4. The van der Waals surface area contributed by atoms with E-state index in [4.69, 9.17) is 18.9 Å². The summed E-state index contributed by atoms with van der Waals surface area (Å²) in [7, 11) is 0. The van der Waals surface area contributed by atoms with Crippen LogP contribution < -0.4 is 24.4 Å². The van der Waals surface area contributed by atoms with Gasteiger partial charge in [0, 0.05) is 17.7 Å². The summed E-state index contributed by atoms with van der Waals surface area (Å²) in [6.45, 7) is 7.38. The van der Waals surface area contributed by atoms with E-state index in [0.717, 1.165) is 12.0 Å². The number of carbonyl (C=O) groups excluding carboxylic acids is 1. The monoisotopic (exact) mass is 521 g/mol. The van der Waals surface area contributed by atoms with Crippen LogP contribution in [0.2, 0.25) is 0 Å². The predicted molar refractivity (Wildman–Crippen MR) is 143 cm³/mol. The van der Waals surface area contributed by atoms with Gasteiger partial charge in [-0.25, -0.2) is 5.43 Å². The van der Waals surface area contributed by atoms with Crippen LogP contribution in [0.3, 0.4) is 0 Å². The highest BCUT2D eigenvalue weighted by molar-refractivity contribution is 5.95. The summed E-state index contributed by atoms with van der Waals surface area (Å²) >= 11 is 0. The molecule has 0 spiro atoms. The summed E-state index contributed by atoms with van der Waals surface area (Å²) in [5.41, 5.74) is 4.40. The Hall–Kier alpha value is -4.60. The molecule has 0 aliphatic heterocycles. The molecule has 10 heteroatoms. The molecule has 0 atom stereocenters. The fraction of sp³-hybridized carbons (Fsp3) is 0.286. The lowest BCUT2D eigenvalue weighted by Gasteiger charge is -2.13. The zero-order valence-electron chi connectivity index (χ0n) is 21.6. The summed E-state index contributed by atoms with van der Waals surface area (Å²) in [6, 6.07) is 16.4. The van der Waals surface area contributed by atoms with E-state index < -0.39 is 10.8 Å². The number of non-ortho nitro benzene ring substituents is 1. The molecule has 1 N–H and O–H groups in total. The van der Waals surface area contributed by atoms with Crippen molar-refractivity contribution in [3.63, 3.8) is 0 Å². The highest BCUT2D eigenvalue weighted by Gasteiger charge is 2.12. The minimum absolute atomic E-state index is 0.0206. The second-order valence-corrected chi connectivity index (χ2v) is 7.99. The smallest absolute Gasteiger partial charge is 0.271 e. The van der Waals surface area contributed by atoms with Crippen molar-refractivity contribution in [1.82, 2.24) is 5.43 Å². The van der Waals surface area contributed by atoms with Crippen molar-refractivity contribution < 1.29 is 28.7 Å². The first-order valence-corrected chi connectivity index (χ1v) is 12.3. The highest BCUT2D eigenvalue weighted by Crippen LogP contribution is 2.30. The fourth-order valence-corrected chi connectivity index (χ4v) is 3.35. The van der Waals surface area contributed by atoms with E-state index in [0.29, 0.717) is 53.9 Å². The van der Waals surface area contributed by atoms with Crippen LogP contribution >= 0.6 is 0 Å². The van der Waals surface area contributed by atoms with Crippen molar-refractivity contribution in [2.45, 2.75) is 33.8 Å². The van der Waals surface area contributed by atoms with E-state index in [1.54, 1.807) is 48.5 Å². The largest absolute Gasteiger partial charge is 0.490 e. The third kappa shape index (κ3) is 7.95.